The van der Waals surface area contributed by atoms with Crippen LogP contribution in [0.3, 0.4) is 0 Å². The number of likely N-dealkylation sites (tertiary alicyclic amines) is 1. The fourth-order valence-electron chi connectivity index (χ4n) is 4.01. The summed E-state index contributed by atoms with van der Waals surface area (Å²) in [4.78, 5) is 2.51. The lowest BCUT2D eigenvalue weighted by Gasteiger charge is -2.35. The van der Waals surface area contributed by atoms with E-state index in [4.69, 9.17) is 23.8 Å². The highest BCUT2D eigenvalue weighted by Crippen LogP contribution is 2.23. The largest absolute Gasteiger partial charge is 0.360 e. The number of thiocarbonyl (C=S) groups is 1. The molecule has 2 aliphatic rings. The Morgan fingerprint density at radius 3 is 2.44 bits per heavy atom. The Morgan fingerprint density at radius 2 is 1.76 bits per heavy atom. The lowest BCUT2D eigenvalue weighted by molar-refractivity contribution is 0.198. The third-order valence-corrected chi connectivity index (χ3v) is 6.16. The summed E-state index contributed by atoms with van der Waals surface area (Å²) in [6.07, 6.45) is 7.57. The first kappa shape index (κ1) is 18.9. The van der Waals surface area contributed by atoms with Gasteiger partial charge in [0.2, 0.25) is 0 Å². The molecular formula is C20H30ClN3S. The van der Waals surface area contributed by atoms with E-state index in [-0.39, 0.29) is 0 Å². The number of hydrogen-bond acceptors (Lipinski definition) is 2. The van der Waals surface area contributed by atoms with Gasteiger partial charge in [-0.25, -0.2) is 0 Å². The smallest absolute Gasteiger partial charge is 0.166 e. The van der Waals surface area contributed by atoms with Crippen LogP contribution in [0.25, 0.3) is 0 Å². The Labute approximate surface area is 162 Å². The lowest BCUT2D eigenvalue weighted by Crippen LogP contribution is -2.51. The fourth-order valence-corrected chi connectivity index (χ4v) is 4.45. The summed E-state index contributed by atoms with van der Waals surface area (Å²) >= 11 is 11.5. The minimum atomic E-state index is 0.500. The molecule has 1 aliphatic heterocycles. The molecule has 25 heavy (non-hydrogen) atoms. The topological polar surface area (TPSA) is 27.3 Å². The van der Waals surface area contributed by atoms with Crippen LogP contribution in [0.15, 0.2) is 24.3 Å². The maximum Gasteiger partial charge on any atom is 0.166 e. The maximum atomic E-state index is 5.96. The third-order valence-electron chi connectivity index (χ3n) is 5.67. The number of nitrogens with one attached hydrogen (secondary N) is 2. The monoisotopic (exact) mass is 379 g/mol. The Balaban J connectivity index is 1.38. The fraction of sp³-hybridized carbons (Fsp3) is 0.650. The van der Waals surface area contributed by atoms with Gasteiger partial charge in [-0.2, -0.15) is 0 Å². The van der Waals surface area contributed by atoms with E-state index in [1.807, 2.05) is 12.1 Å². The zero-order valence-corrected chi connectivity index (χ0v) is 16.7. The van der Waals surface area contributed by atoms with Crippen molar-refractivity contribution in [3.8, 4) is 0 Å². The van der Waals surface area contributed by atoms with Gasteiger partial charge in [0.1, 0.15) is 0 Å². The second-order valence-corrected chi connectivity index (χ2v) is 8.51. The van der Waals surface area contributed by atoms with Gasteiger partial charge >= 0.3 is 0 Å². The summed E-state index contributed by atoms with van der Waals surface area (Å²) < 4.78 is 0. The zero-order chi connectivity index (χ0) is 17.6. The number of piperidine rings is 1. The molecule has 0 amide bonds. The molecule has 0 radical (unpaired) electrons. The van der Waals surface area contributed by atoms with Gasteiger partial charge in [-0.3, -0.25) is 4.90 Å². The summed E-state index contributed by atoms with van der Waals surface area (Å²) in [6, 6.07) is 9.25. The molecular weight excluding hydrogens is 350 g/mol. The van der Waals surface area contributed by atoms with Crippen LogP contribution < -0.4 is 10.6 Å². The van der Waals surface area contributed by atoms with Crippen LogP contribution >= 0.6 is 23.8 Å². The number of hydrogen-bond donors (Lipinski definition) is 2. The minimum Gasteiger partial charge on any atom is -0.360 e. The van der Waals surface area contributed by atoms with E-state index < -0.39 is 0 Å². The number of rotatable bonds is 4. The van der Waals surface area contributed by atoms with Crippen LogP contribution in [0.5, 0.6) is 0 Å². The average Bonchev–Trinajstić information content (AvgIpc) is 2.61. The van der Waals surface area contributed by atoms with Gasteiger partial charge in [-0.15, -0.1) is 0 Å². The van der Waals surface area contributed by atoms with E-state index in [9.17, 15) is 0 Å². The minimum absolute atomic E-state index is 0.500. The Kier molecular flexibility index (Phi) is 6.97. The van der Waals surface area contributed by atoms with Crippen molar-refractivity contribution in [1.29, 1.82) is 0 Å². The quantitative estimate of drug-likeness (QED) is 0.760. The third kappa shape index (κ3) is 5.83. The van der Waals surface area contributed by atoms with Gasteiger partial charge in [0.15, 0.2) is 5.11 Å². The van der Waals surface area contributed by atoms with Crippen molar-refractivity contribution >= 4 is 28.9 Å². The van der Waals surface area contributed by atoms with Crippen molar-refractivity contribution in [2.24, 2.45) is 5.92 Å². The molecule has 1 heterocycles. The van der Waals surface area contributed by atoms with E-state index in [0.29, 0.717) is 12.1 Å². The Bertz CT molecular complexity index is 555. The first-order valence-electron chi connectivity index (χ1n) is 9.64. The highest BCUT2D eigenvalue weighted by atomic mass is 35.5. The molecule has 3 nitrogen and oxygen atoms in total. The van der Waals surface area contributed by atoms with Gasteiger partial charge in [-0.1, -0.05) is 43.5 Å². The summed E-state index contributed by atoms with van der Waals surface area (Å²) in [7, 11) is 0. The Morgan fingerprint density at radius 1 is 1.08 bits per heavy atom. The van der Waals surface area contributed by atoms with Crippen molar-refractivity contribution in [3.05, 3.63) is 34.9 Å². The summed E-state index contributed by atoms with van der Waals surface area (Å²) in [5, 5.41) is 8.78. The first-order valence-corrected chi connectivity index (χ1v) is 10.4. The van der Waals surface area contributed by atoms with E-state index >= 15 is 0 Å². The molecule has 5 heteroatoms. The van der Waals surface area contributed by atoms with Gasteiger partial charge < -0.3 is 10.6 Å². The molecule has 2 atom stereocenters. The SMILES string of the molecule is C[C@@H]1CCCC[C@H]1NC(=S)NC1CCN(Cc2ccc(Cl)cc2)CC1. The van der Waals surface area contributed by atoms with Crippen LogP contribution in [0.2, 0.25) is 5.02 Å². The lowest BCUT2D eigenvalue weighted by atomic mass is 9.86. The molecule has 1 aromatic carbocycles. The molecule has 0 aromatic heterocycles. The van der Waals surface area contributed by atoms with Crippen LogP contribution in [0.1, 0.15) is 51.0 Å². The van der Waals surface area contributed by atoms with Gasteiger partial charge in [0, 0.05) is 36.7 Å². The second kappa shape index (κ2) is 9.20. The molecule has 1 saturated carbocycles. The van der Waals surface area contributed by atoms with Crippen LogP contribution in [0.4, 0.5) is 0 Å². The second-order valence-electron chi connectivity index (χ2n) is 7.66. The number of halogens is 1. The first-order chi connectivity index (χ1) is 12.1. The zero-order valence-electron chi connectivity index (χ0n) is 15.1. The molecule has 2 fully saturated rings. The van der Waals surface area contributed by atoms with E-state index in [1.165, 1.54) is 31.2 Å². The summed E-state index contributed by atoms with van der Waals surface area (Å²) in [5.74, 6) is 0.731. The summed E-state index contributed by atoms with van der Waals surface area (Å²) in [6.45, 7) is 5.58. The predicted molar refractivity (Wildman–Crippen MR) is 110 cm³/mol. The molecule has 3 rings (SSSR count). The average molecular weight is 380 g/mol. The standard InChI is InChI=1S/C20H30ClN3S/c1-15-4-2-3-5-19(15)23-20(25)22-18-10-12-24(13-11-18)14-16-6-8-17(21)9-7-16/h6-9,15,18-19H,2-5,10-14H2,1H3,(H2,22,23,25)/t15-,19-/m1/s1. The predicted octanol–water partition coefficient (Wildman–Crippen LogP) is 4.35. The molecule has 1 aliphatic carbocycles. The highest BCUT2D eigenvalue weighted by molar-refractivity contribution is 7.80. The number of benzene rings is 1. The van der Waals surface area contributed by atoms with Gasteiger partial charge in [0.05, 0.1) is 0 Å². The molecule has 0 bridgehead atoms. The molecule has 1 aromatic rings. The van der Waals surface area contributed by atoms with Crippen LogP contribution in [-0.4, -0.2) is 35.2 Å². The molecule has 138 valence electrons. The van der Waals surface area contributed by atoms with E-state index in [1.54, 1.807) is 0 Å². The molecule has 2 N–H and O–H groups in total. The van der Waals surface area contributed by atoms with Crippen molar-refractivity contribution in [3.63, 3.8) is 0 Å². The molecule has 1 saturated heterocycles. The van der Waals surface area contributed by atoms with E-state index in [0.717, 1.165) is 48.5 Å². The van der Waals surface area contributed by atoms with E-state index in [2.05, 4.69) is 34.6 Å². The van der Waals surface area contributed by atoms with Crippen molar-refractivity contribution < 1.29 is 0 Å². The molecule has 0 spiro atoms. The Hall–Kier alpha value is -0.840. The summed E-state index contributed by atoms with van der Waals surface area (Å²) in [5.41, 5.74) is 1.33. The van der Waals surface area contributed by atoms with Crippen LogP contribution in [-0.2, 0) is 6.54 Å². The van der Waals surface area contributed by atoms with Crippen LogP contribution in [0, 0.1) is 5.92 Å². The molecule has 0 unspecified atom stereocenters. The maximum absolute atomic E-state index is 5.96. The van der Waals surface area contributed by atoms with Gasteiger partial charge in [0.25, 0.3) is 0 Å². The number of nitrogens with zero attached hydrogens (tertiary/aromatic N) is 1. The van der Waals surface area contributed by atoms with Crippen molar-refractivity contribution in [2.75, 3.05) is 13.1 Å². The normalized spacial score (nSPS) is 25.5. The highest BCUT2D eigenvalue weighted by Gasteiger charge is 2.24. The van der Waals surface area contributed by atoms with Crippen molar-refractivity contribution in [1.82, 2.24) is 15.5 Å². The van der Waals surface area contributed by atoms with Crippen molar-refractivity contribution in [2.45, 2.75) is 64.1 Å². The van der Waals surface area contributed by atoms with Gasteiger partial charge in [-0.05, 0) is 61.5 Å².